The molecule has 0 saturated carbocycles. The highest BCUT2D eigenvalue weighted by Crippen LogP contribution is 2.33. The first-order valence-electron chi connectivity index (χ1n) is 10.2. The number of carboxylic acids is 1. The van der Waals surface area contributed by atoms with Crippen LogP contribution in [-0.2, 0) is 22.6 Å². The molecule has 32 heavy (non-hydrogen) atoms. The first kappa shape index (κ1) is 23.8. The molecule has 2 aliphatic heterocycles. The number of likely N-dealkylation sites (tertiary alicyclic amines) is 2. The van der Waals surface area contributed by atoms with Gasteiger partial charge in [-0.3, -0.25) is 9.69 Å². The van der Waals surface area contributed by atoms with Crippen LogP contribution in [0.5, 0.6) is 0 Å². The molecule has 2 aromatic rings. The van der Waals surface area contributed by atoms with Gasteiger partial charge in [0.15, 0.2) is 0 Å². The van der Waals surface area contributed by atoms with E-state index in [4.69, 9.17) is 14.3 Å². The van der Waals surface area contributed by atoms with Crippen LogP contribution in [-0.4, -0.2) is 58.1 Å². The van der Waals surface area contributed by atoms with Gasteiger partial charge < -0.3 is 14.4 Å². The number of aliphatic carboxylic acids is 1. The molecule has 1 aromatic heterocycles. The van der Waals surface area contributed by atoms with E-state index in [1.165, 1.54) is 12.1 Å². The highest BCUT2D eigenvalue weighted by atomic mass is 19.4. The average Bonchev–Trinajstić information content (AvgIpc) is 3.39. The van der Waals surface area contributed by atoms with Crippen LogP contribution in [0.2, 0.25) is 0 Å². The molecule has 1 N–H and O–H groups in total. The van der Waals surface area contributed by atoms with E-state index in [0.29, 0.717) is 6.04 Å². The molecule has 2 fully saturated rings. The first-order valence-corrected chi connectivity index (χ1v) is 10.2. The van der Waals surface area contributed by atoms with E-state index in [0.717, 1.165) is 49.6 Å². The lowest BCUT2D eigenvalue weighted by molar-refractivity contribution is -0.192. The molecule has 1 aromatic carbocycles. The Kier molecular flexibility index (Phi) is 7.22. The fourth-order valence-electron chi connectivity index (χ4n) is 4.27. The third kappa shape index (κ3) is 5.87. The van der Waals surface area contributed by atoms with Crippen molar-refractivity contribution < 1.29 is 36.7 Å². The Morgan fingerprint density at radius 3 is 2.41 bits per heavy atom. The van der Waals surface area contributed by atoms with Crippen LogP contribution < -0.4 is 0 Å². The SMILES string of the molecule is Cc1ccc(CN2CC[C@@H]3[C@@H]2CCN3C(=O)Cc2cccc(F)c2)o1.O=C(O)C(F)(F)F. The van der Waals surface area contributed by atoms with E-state index in [1.54, 1.807) is 6.07 Å². The quantitative estimate of drug-likeness (QED) is 0.709. The summed E-state index contributed by atoms with van der Waals surface area (Å²) in [5.41, 5.74) is 0.745. The molecule has 0 unspecified atom stereocenters. The summed E-state index contributed by atoms with van der Waals surface area (Å²) in [6.45, 7) is 4.54. The molecule has 0 bridgehead atoms. The van der Waals surface area contributed by atoms with Crippen molar-refractivity contribution in [1.82, 2.24) is 9.80 Å². The van der Waals surface area contributed by atoms with Gasteiger partial charge in [0, 0.05) is 25.2 Å². The fourth-order valence-corrected chi connectivity index (χ4v) is 4.27. The van der Waals surface area contributed by atoms with E-state index in [2.05, 4.69) is 4.90 Å². The summed E-state index contributed by atoms with van der Waals surface area (Å²) >= 11 is 0. The number of carboxylic acid groups (broad SMARTS) is 1. The number of rotatable bonds is 4. The summed E-state index contributed by atoms with van der Waals surface area (Å²) in [5.74, 6) is -1.02. The van der Waals surface area contributed by atoms with Gasteiger partial charge in [0.05, 0.1) is 13.0 Å². The van der Waals surface area contributed by atoms with Crippen molar-refractivity contribution in [1.29, 1.82) is 0 Å². The zero-order valence-electron chi connectivity index (χ0n) is 17.4. The van der Waals surface area contributed by atoms with Gasteiger partial charge in [-0.1, -0.05) is 12.1 Å². The number of carbonyl (C=O) groups is 2. The summed E-state index contributed by atoms with van der Waals surface area (Å²) in [7, 11) is 0. The molecular formula is C22H24F4N2O4. The van der Waals surface area contributed by atoms with Gasteiger partial charge in [-0.15, -0.1) is 0 Å². The van der Waals surface area contributed by atoms with Crippen molar-refractivity contribution >= 4 is 11.9 Å². The summed E-state index contributed by atoms with van der Waals surface area (Å²) < 4.78 is 50.8. The van der Waals surface area contributed by atoms with E-state index < -0.39 is 12.1 Å². The lowest BCUT2D eigenvalue weighted by Crippen LogP contribution is -2.40. The predicted molar refractivity (Wildman–Crippen MR) is 106 cm³/mol. The molecule has 2 saturated heterocycles. The van der Waals surface area contributed by atoms with Crippen LogP contribution >= 0.6 is 0 Å². The summed E-state index contributed by atoms with van der Waals surface area (Å²) in [4.78, 5) is 26.0. The normalized spacial score (nSPS) is 20.6. The number of carbonyl (C=O) groups excluding carboxylic acids is 1. The van der Waals surface area contributed by atoms with Crippen LogP contribution in [0.25, 0.3) is 0 Å². The Morgan fingerprint density at radius 2 is 1.81 bits per heavy atom. The van der Waals surface area contributed by atoms with Crippen molar-refractivity contribution in [3.05, 3.63) is 59.3 Å². The van der Waals surface area contributed by atoms with Gasteiger partial charge in [0.25, 0.3) is 0 Å². The Labute approximate surface area is 182 Å². The van der Waals surface area contributed by atoms with E-state index >= 15 is 0 Å². The summed E-state index contributed by atoms with van der Waals surface area (Å²) in [6.07, 6.45) is -2.81. The van der Waals surface area contributed by atoms with Crippen molar-refractivity contribution in [2.24, 2.45) is 0 Å². The third-order valence-electron chi connectivity index (χ3n) is 5.65. The Bertz CT molecular complexity index is 959. The fraction of sp³-hybridized carbons (Fsp3) is 0.455. The van der Waals surface area contributed by atoms with E-state index in [1.807, 2.05) is 30.0 Å². The predicted octanol–water partition coefficient (Wildman–Crippen LogP) is 3.78. The number of nitrogens with zero attached hydrogens (tertiary/aromatic N) is 2. The maximum absolute atomic E-state index is 13.3. The topological polar surface area (TPSA) is 74.0 Å². The largest absolute Gasteiger partial charge is 0.490 e. The van der Waals surface area contributed by atoms with Crippen LogP contribution in [0.15, 0.2) is 40.8 Å². The Hall–Kier alpha value is -2.88. The second-order valence-corrected chi connectivity index (χ2v) is 7.89. The van der Waals surface area contributed by atoms with Crippen molar-refractivity contribution in [3.8, 4) is 0 Å². The number of hydrogen-bond acceptors (Lipinski definition) is 4. The average molecular weight is 456 g/mol. The smallest absolute Gasteiger partial charge is 0.475 e. The lowest BCUT2D eigenvalue weighted by Gasteiger charge is -2.25. The van der Waals surface area contributed by atoms with Crippen LogP contribution in [0.4, 0.5) is 17.6 Å². The molecule has 2 atom stereocenters. The monoisotopic (exact) mass is 456 g/mol. The van der Waals surface area contributed by atoms with Crippen molar-refractivity contribution in [2.75, 3.05) is 13.1 Å². The molecule has 3 heterocycles. The highest BCUT2D eigenvalue weighted by Gasteiger charge is 2.44. The van der Waals surface area contributed by atoms with Gasteiger partial charge >= 0.3 is 12.1 Å². The number of benzene rings is 1. The second-order valence-electron chi connectivity index (χ2n) is 7.89. The third-order valence-corrected chi connectivity index (χ3v) is 5.65. The molecule has 6 nitrogen and oxygen atoms in total. The number of fused-ring (bicyclic) bond motifs is 1. The molecule has 0 aliphatic carbocycles. The second kappa shape index (κ2) is 9.72. The minimum atomic E-state index is -5.08. The van der Waals surface area contributed by atoms with Crippen LogP contribution in [0, 0.1) is 12.7 Å². The van der Waals surface area contributed by atoms with Crippen LogP contribution in [0.1, 0.15) is 29.9 Å². The zero-order chi connectivity index (χ0) is 23.5. The summed E-state index contributed by atoms with van der Waals surface area (Å²) in [5, 5.41) is 7.12. The maximum atomic E-state index is 13.3. The number of alkyl halides is 3. The van der Waals surface area contributed by atoms with Gasteiger partial charge in [0.2, 0.25) is 5.91 Å². The van der Waals surface area contributed by atoms with Gasteiger partial charge in [0.1, 0.15) is 17.3 Å². The first-order chi connectivity index (χ1) is 15.0. The van der Waals surface area contributed by atoms with Crippen LogP contribution in [0.3, 0.4) is 0 Å². The molecule has 4 rings (SSSR count). The molecule has 1 amide bonds. The molecule has 0 radical (unpaired) electrons. The number of amides is 1. The van der Waals surface area contributed by atoms with Gasteiger partial charge in [-0.05, 0) is 49.6 Å². The number of aryl methyl sites for hydroxylation is 1. The number of halogens is 4. The minimum Gasteiger partial charge on any atom is -0.475 e. The Balaban J connectivity index is 0.000000360. The minimum absolute atomic E-state index is 0.105. The number of furan rings is 1. The maximum Gasteiger partial charge on any atom is 0.490 e. The standard InChI is InChI=1S/C20H23FN2O2.C2HF3O2/c1-14-5-6-17(25-14)13-22-9-7-19-18(22)8-10-23(19)20(24)12-15-3-2-4-16(21)11-15;3-2(4,5)1(6)7/h2-6,11,18-19H,7-10,12-13H2,1H3;(H,6,7)/t18-,19+;/m0./s1. The van der Waals surface area contributed by atoms with Gasteiger partial charge in [-0.2, -0.15) is 13.2 Å². The number of hydrogen-bond donors (Lipinski definition) is 1. The lowest BCUT2D eigenvalue weighted by atomic mass is 10.1. The van der Waals surface area contributed by atoms with Gasteiger partial charge in [-0.25, -0.2) is 9.18 Å². The zero-order valence-corrected chi connectivity index (χ0v) is 17.4. The molecule has 2 aliphatic rings. The molecule has 10 heteroatoms. The highest BCUT2D eigenvalue weighted by molar-refractivity contribution is 5.79. The Morgan fingerprint density at radius 1 is 1.12 bits per heavy atom. The van der Waals surface area contributed by atoms with E-state index in [9.17, 15) is 22.4 Å². The van der Waals surface area contributed by atoms with E-state index in [-0.39, 0.29) is 24.2 Å². The summed E-state index contributed by atoms with van der Waals surface area (Å²) in [6, 6.07) is 11.0. The molecular weight excluding hydrogens is 432 g/mol. The van der Waals surface area contributed by atoms with Crippen molar-refractivity contribution in [2.45, 2.75) is 51.0 Å². The molecule has 0 spiro atoms. The molecule has 174 valence electrons. The van der Waals surface area contributed by atoms with Crippen molar-refractivity contribution in [3.63, 3.8) is 0 Å².